The van der Waals surface area contributed by atoms with Gasteiger partial charge in [0.05, 0.1) is 7.11 Å². The molecule has 3 heterocycles. The first-order chi connectivity index (χ1) is 12.1. The topological polar surface area (TPSA) is 102 Å². The predicted molar refractivity (Wildman–Crippen MR) is 84.8 cm³/mol. The standard InChI is InChI=1S/C16H20N4O5/c1-24-16-17-7-4-12(18-16)25-11-5-8-19(9-6-11)15(23)10-20-13(21)2-3-14(20)22/h4,7,11H,2-3,5-6,8-10H2,1H3. The lowest BCUT2D eigenvalue weighted by Gasteiger charge is -2.32. The number of hydrogen-bond donors (Lipinski definition) is 0. The SMILES string of the molecule is COc1nccc(OC2CCN(C(=O)CN3C(=O)CCC3=O)CC2)n1. The molecule has 0 bridgehead atoms. The zero-order chi connectivity index (χ0) is 17.8. The number of amides is 3. The number of aromatic nitrogens is 2. The molecule has 2 aliphatic heterocycles. The van der Waals surface area contributed by atoms with E-state index in [1.807, 2.05) is 0 Å². The zero-order valence-corrected chi connectivity index (χ0v) is 14.0. The van der Waals surface area contributed by atoms with Gasteiger partial charge in [-0.25, -0.2) is 4.98 Å². The first-order valence-electron chi connectivity index (χ1n) is 8.21. The summed E-state index contributed by atoms with van der Waals surface area (Å²) in [6, 6.07) is 1.90. The van der Waals surface area contributed by atoms with Gasteiger partial charge in [-0.1, -0.05) is 0 Å². The molecule has 0 spiro atoms. The lowest BCUT2D eigenvalue weighted by molar-refractivity contribution is -0.146. The summed E-state index contributed by atoms with van der Waals surface area (Å²) in [6.07, 6.45) is 3.21. The van der Waals surface area contributed by atoms with Crippen molar-refractivity contribution in [2.75, 3.05) is 26.7 Å². The van der Waals surface area contributed by atoms with E-state index in [1.165, 1.54) is 7.11 Å². The van der Waals surface area contributed by atoms with E-state index in [9.17, 15) is 14.4 Å². The van der Waals surface area contributed by atoms with Gasteiger partial charge in [-0.15, -0.1) is 0 Å². The number of carbonyl (C=O) groups is 3. The molecule has 0 unspecified atom stereocenters. The van der Waals surface area contributed by atoms with Gasteiger partial charge in [0.15, 0.2) is 0 Å². The Bertz CT molecular complexity index is 656. The molecule has 2 saturated heterocycles. The van der Waals surface area contributed by atoms with E-state index in [4.69, 9.17) is 9.47 Å². The van der Waals surface area contributed by atoms with E-state index < -0.39 is 0 Å². The number of carbonyl (C=O) groups excluding carboxylic acids is 3. The van der Waals surface area contributed by atoms with Gasteiger partial charge < -0.3 is 14.4 Å². The Kier molecular flexibility index (Phi) is 5.11. The fourth-order valence-corrected chi connectivity index (χ4v) is 2.92. The van der Waals surface area contributed by atoms with Gasteiger partial charge in [0.2, 0.25) is 23.6 Å². The Hall–Kier alpha value is -2.71. The molecular formula is C16H20N4O5. The number of hydrogen-bond acceptors (Lipinski definition) is 7. The van der Waals surface area contributed by atoms with Crippen molar-refractivity contribution in [1.82, 2.24) is 19.8 Å². The first-order valence-corrected chi connectivity index (χ1v) is 8.21. The minimum Gasteiger partial charge on any atom is -0.474 e. The Balaban J connectivity index is 1.48. The van der Waals surface area contributed by atoms with E-state index in [1.54, 1.807) is 17.2 Å². The van der Waals surface area contributed by atoms with Gasteiger partial charge in [0.1, 0.15) is 12.6 Å². The Morgan fingerprint density at radius 2 is 1.92 bits per heavy atom. The highest BCUT2D eigenvalue weighted by molar-refractivity contribution is 6.04. The van der Waals surface area contributed by atoms with Crippen molar-refractivity contribution in [1.29, 1.82) is 0 Å². The lowest BCUT2D eigenvalue weighted by atomic mass is 10.1. The second-order valence-electron chi connectivity index (χ2n) is 5.95. The number of likely N-dealkylation sites (tertiary alicyclic amines) is 2. The molecule has 0 saturated carbocycles. The highest BCUT2D eigenvalue weighted by atomic mass is 16.5. The average Bonchev–Trinajstić information content (AvgIpc) is 2.94. The van der Waals surface area contributed by atoms with E-state index in [0.29, 0.717) is 31.8 Å². The Morgan fingerprint density at radius 3 is 2.56 bits per heavy atom. The Labute approximate surface area is 144 Å². The van der Waals surface area contributed by atoms with Crippen molar-refractivity contribution in [3.05, 3.63) is 12.3 Å². The molecule has 0 radical (unpaired) electrons. The van der Waals surface area contributed by atoms with Crippen LogP contribution in [0.3, 0.4) is 0 Å². The second kappa shape index (κ2) is 7.45. The molecule has 3 rings (SSSR count). The number of methoxy groups -OCH3 is 1. The number of rotatable bonds is 5. The summed E-state index contributed by atoms with van der Waals surface area (Å²) >= 11 is 0. The van der Waals surface area contributed by atoms with Crippen LogP contribution in [0.4, 0.5) is 0 Å². The molecular weight excluding hydrogens is 328 g/mol. The van der Waals surface area contributed by atoms with Crippen LogP contribution in [0.1, 0.15) is 25.7 Å². The van der Waals surface area contributed by atoms with Crippen LogP contribution in [-0.4, -0.2) is 70.3 Å². The second-order valence-corrected chi connectivity index (χ2v) is 5.95. The fourth-order valence-electron chi connectivity index (χ4n) is 2.92. The van der Waals surface area contributed by atoms with Crippen molar-refractivity contribution in [3.63, 3.8) is 0 Å². The quantitative estimate of drug-likeness (QED) is 0.690. The summed E-state index contributed by atoms with van der Waals surface area (Å²) in [5.74, 6) is -0.306. The molecule has 0 atom stereocenters. The van der Waals surface area contributed by atoms with Crippen molar-refractivity contribution in [3.8, 4) is 11.9 Å². The Morgan fingerprint density at radius 1 is 1.24 bits per heavy atom. The number of ether oxygens (including phenoxy) is 2. The van der Waals surface area contributed by atoms with Gasteiger partial charge in [-0.05, 0) is 0 Å². The number of nitrogens with zero attached hydrogens (tertiary/aromatic N) is 4. The summed E-state index contributed by atoms with van der Waals surface area (Å²) in [6.45, 7) is 0.871. The molecule has 9 heteroatoms. The third kappa shape index (κ3) is 4.04. The van der Waals surface area contributed by atoms with Crippen LogP contribution >= 0.6 is 0 Å². The normalized spacial score (nSPS) is 18.6. The highest BCUT2D eigenvalue weighted by Gasteiger charge is 2.33. The molecule has 25 heavy (non-hydrogen) atoms. The molecule has 1 aromatic rings. The molecule has 2 fully saturated rings. The van der Waals surface area contributed by atoms with Crippen molar-refractivity contribution in [2.45, 2.75) is 31.8 Å². The molecule has 0 aromatic carbocycles. The predicted octanol–water partition coefficient (Wildman–Crippen LogP) is 0.00400. The summed E-state index contributed by atoms with van der Waals surface area (Å²) in [5.41, 5.74) is 0. The lowest BCUT2D eigenvalue weighted by Crippen LogP contribution is -2.47. The maximum absolute atomic E-state index is 12.3. The summed E-state index contributed by atoms with van der Waals surface area (Å²) in [7, 11) is 1.49. The molecule has 9 nitrogen and oxygen atoms in total. The summed E-state index contributed by atoms with van der Waals surface area (Å²) < 4.78 is 10.8. The van der Waals surface area contributed by atoms with Gasteiger partial charge in [0.25, 0.3) is 0 Å². The van der Waals surface area contributed by atoms with Gasteiger partial charge in [-0.3, -0.25) is 19.3 Å². The molecule has 2 aliphatic rings. The minimum absolute atomic E-state index is 0.0568. The van der Waals surface area contributed by atoms with Crippen LogP contribution in [0.5, 0.6) is 11.9 Å². The van der Waals surface area contributed by atoms with Crippen LogP contribution in [0.2, 0.25) is 0 Å². The maximum atomic E-state index is 12.3. The van der Waals surface area contributed by atoms with Crippen LogP contribution in [-0.2, 0) is 14.4 Å². The van der Waals surface area contributed by atoms with Gasteiger partial charge >= 0.3 is 6.01 Å². The van der Waals surface area contributed by atoms with Gasteiger partial charge in [-0.2, -0.15) is 4.98 Å². The van der Waals surface area contributed by atoms with Gasteiger partial charge in [0, 0.05) is 51.0 Å². The third-order valence-electron chi connectivity index (χ3n) is 4.32. The zero-order valence-electron chi connectivity index (χ0n) is 14.0. The summed E-state index contributed by atoms with van der Waals surface area (Å²) in [5, 5.41) is 0. The molecule has 3 amide bonds. The van der Waals surface area contributed by atoms with E-state index in [2.05, 4.69) is 9.97 Å². The largest absolute Gasteiger partial charge is 0.474 e. The number of imide groups is 1. The van der Waals surface area contributed by atoms with Crippen LogP contribution in [0.15, 0.2) is 12.3 Å². The molecule has 0 aliphatic carbocycles. The number of piperidine rings is 1. The summed E-state index contributed by atoms with van der Waals surface area (Å²) in [4.78, 5) is 46.2. The smallest absolute Gasteiger partial charge is 0.319 e. The molecule has 134 valence electrons. The van der Waals surface area contributed by atoms with Crippen molar-refractivity contribution < 1.29 is 23.9 Å². The van der Waals surface area contributed by atoms with E-state index >= 15 is 0 Å². The molecule has 0 N–H and O–H groups in total. The van der Waals surface area contributed by atoms with E-state index in [0.717, 1.165) is 4.90 Å². The minimum atomic E-state index is -0.269. The third-order valence-corrected chi connectivity index (χ3v) is 4.32. The maximum Gasteiger partial charge on any atom is 0.319 e. The van der Waals surface area contributed by atoms with Crippen LogP contribution < -0.4 is 9.47 Å². The fraction of sp³-hybridized carbons (Fsp3) is 0.562. The average molecular weight is 348 g/mol. The van der Waals surface area contributed by atoms with Crippen molar-refractivity contribution in [2.24, 2.45) is 0 Å². The van der Waals surface area contributed by atoms with E-state index in [-0.39, 0.29) is 49.2 Å². The van der Waals surface area contributed by atoms with Crippen molar-refractivity contribution >= 4 is 17.7 Å². The first kappa shape index (κ1) is 17.1. The molecule has 1 aromatic heterocycles. The highest BCUT2D eigenvalue weighted by Crippen LogP contribution is 2.19. The van der Waals surface area contributed by atoms with Crippen LogP contribution in [0, 0.1) is 0 Å². The monoisotopic (exact) mass is 348 g/mol. The van der Waals surface area contributed by atoms with Crippen LogP contribution in [0.25, 0.3) is 0 Å².